The molecule has 0 aliphatic carbocycles. The van der Waals surface area contributed by atoms with Crippen molar-refractivity contribution in [3.63, 3.8) is 0 Å². The molecule has 9 rings (SSSR count). The number of rotatable bonds is 6. The topological polar surface area (TPSA) is 51.6 Å². The molecular weight excluding hydrogens is 609 g/mol. The largest absolute Gasteiger partial charge is 0.245 e. The van der Waals surface area contributed by atoms with Gasteiger partial charge in [-0.25, -0.2) is 19.9 Å². The fraction of sp³-hybridized carbons (Fsp3) is 0. The van der Waals surface area contributed by atoms with Gasteiger partial charge in [-0.3, -0.25) is 0 Å². The van der Waals surface area contributed by atoms with Gasteiger partial charge in [0, 0.05) is 38.6 Å². The van der Waals surface area contributed by atoms with Gasteiger partial charge in [0.1, 0.15) is 0 Å². The lowest BCUT2D eigenvalue weighted by molar-refractivity contribution is 1.18. The molecule has 6 aromatic carbocycles. The number of hydrogen-bond acceptors (Lipinski definition) is 4. The number of aromatic nitrogens is 4. The maximum atomic E-state index is 5.26. The summed E-state index contributed by atoms with van der Waals surface area (Å²) >= 11 is 0. The van der Waals surface area contributed by atoms with Crippen molar-refractivity contribution >= 4 is 21.8 Å². The fourth-order valence-electron chi connectivity index (χ4n) is 6.53. The number of hydrogen-bond donors (Lipinski definition) is 0. The highest BCUT2D eigenvalue weighted by Crippen LogP contribution is 2.36. The van der Waals surface area contributed by atoms with Crippen molar-refractivity contribution in [2.45, 2.75) is 0 Å². The molecule has 0 aliphatic rings. The van der Waals surface area contributed by atoms with Crippen LogP contribution in [0, 0.1) is 0 Å². The Labute approximate surface area is 290 Å². The molecule has 3 aromatic heterocycles. The second-order valence-electron chi connectivity index (χ2n) is 12.3. The van der Waals surface area contributed by atoms with Gasteiger partial charge in [-0.05, 0) is 29.3 Å². The van der Waals surface area contributed by atoms with Crippen LogP contribution < -0.4 is 0 Å². The lowest BCUT2D eigenvalue weighted by atomic mass is 9.97. The molecule has 234 valence electrons. The van der Waals surface area contributed by atoms with E-state index in [9.17, 15) is 0 Å². The van der Waals surface area contributed by atoms with Gasteiger partial charge in [0.2, 0.25) is 0 Å². The van der Waals surface area contributed by atoms with Crippen molar-refractivity contribution in [1.82, 2.24) is 19.9 Å². The summed E-state index contributed by atoms with van der Waals surface area (Å²) in [6.45, 7) is 0. The molecule has 50 heavy (non-hydrogen) atoms. The van der Waals surface area contributed by atoms with Crippen molar-refractivity contribution in [1.29, 1.82) is 0 Å². The van der Waals surface area contributed by atoms with E-state index in [2.05, 4.69) is 133 Å². The van der Waals surface area contributed by atoms with Crippen LogP contribution in [-0.2, 0) is 0 Å². The molecule has 9 aromatic rings. The molecule has 0 bridgehead atoms. The molecule has 3 heterocycles. The summed E-state index contributed by atoms with van der Waals surface area (Å²) in [6, 6.07) is 62.6. The van der Waals surface area contributed by atoms with E-state index in [1.165, 1.54) is 0 Å². The smallest absolute Gasteiger partial charge is 0.160 e. The quantitative estimate of drug-likeness (QED) is 0.170. The first kappa shape index (κ1) is 29.4. The van der Waals surface area contributed by atoms with Crippen LogP contribution in [0.4, 0.5) is 0 Å². The van der Waals surface area contributed by atoms with Gasteiger partial charge >= 0.3 is 0 Å². The molecule has 0 amide bonds. The SMILES string of the molecule is c1ccc(-c2cc(-c3ccccc3)nc(-c3ccc(-c4ccc5ccc6c(-c7ccccc7)cc(-c7ccccc7)nc6c5n4)cc3)n2)cc1. The fourth-order valence-corrected chi connectivity index (χ4v) is 6.53. The number of nitrogens with zero attached hydrogens (tertiary/aromatic N) is 4. The Balaban J connectivity index is 1.15. The standard InChI is InChI=1S/C46H30N4/c1-5-13-31(14-6-1)39-29-41(32-15-7-2-8-16-32)48-45-38(39)27-25-36-26-28-40(47-44(36)45)35-21-23-37(24-22-35)46-49-42(33-17-9-3-10-18-33)30-43(50-46)34-19-11-4-12-20-34/h1-30H. The Kier molecular flexibility index (Phi) is 7.45. The molecule has 0 N–H and O–H groups in total. The lowest BCUT2D eigenvalue weighted by Gasteiger charge is -2.13. The number of fused-ring (bicyclic) bond motifs is 3. The minimum absolute atomic E-state index is 0.681. The molecule has 0 atom stereocenters. The van der Waals surface area contributed by atoms with Gasteiger partial charge in [-0.2, -0.15) is 0 Å². The average Bonchev–Trinajstić information content (AvgIpc) is 3.21. The van der Waals surface area contributed by atoms with Gasteiger partial charge in [0.15, 0.2) is 5.82 Å². The summed E-state index contributed by atoms with van der Waals surface area (Å²) in [5.74, 6) is 0.681. The van der Waals surface area contributed by atoms with Gasteiger partial charge in [-0.15, -0.1) is 0 Å². The van der Waals surface area contributed by atoms with Crippen LogP contribution in [0.5, 0.6) is 0 Å². The minimum atomic E-state index is 0.681. The number of pyridine rings is 2. The summed E-state index contributed by atoms with van der Waals surface area (Å²) < 4.78 is 0. The van der Waals surface area contributed by atoms with Crippen LogP contribution in [0.15, 0.2) is 182 Å². The van der Waals surface area contributed by atoms with Crippen molar-refractivity contribution in [2.75, 3.05) is 0 Å². The molecule has 4 nitrogen and oxygen atoms in total. The zero-order valence-electron chi connectivity index (χ0n) is 27.1. The van der Waals surface area contributed by atoms with Crippen molar-refractivity contribution in [2.24, 2.45) is 0 Å². The van der Waals surface area contributed by atoms with Gasteiger partial charge in [-0.1, -0.05) is 164 Å². The normalized spacial score (nSPS) is 11.2. The predicted octanol–water partition coefficient (Wildman–Crippen LogP) is 11.6. The number of benzene rings is 6. The van der Waals surface area contributed by atoms with E-state index < -0.39 is 0 Å². The molecule has 0 spiro atoms. The van der Waals surface area contributed by atoms with E-state index in [4.69, 9.17) is 19.9 Å². The van der Waals surface area contributed by atoms with Crippen LogP contribution >= 0.6 is 0 Å². The van der Waals surface area contributed by atoms with Crippen LogP contribution in [-0.4, -0.2) is 19.9 Å². The second-order valence-corrected chi connectivity index (χ2v) is 12.3. The van der Waals surface area contributed by atoms with Crippen LogP contribution in [0.3, 0.4) is 0 Å². The van der Waals surface area contributed by atoms with E-state index >= 15 is 0 Å². The van der Waals surface area contributed by atoms with E-state index in [0.717, 1.165) is 83.5 Å². The summed E-state index contributed by atoms with van der Waals surface area (Å²) in [4.78, 5) is 20.5. The van der Waals surface area contributed by atoms with Crippen molar-refractivity contribution < 1.29 is 0 Å². The lowest BCUT2D eigenvalue weighted by Crippen LogP contribution is -1.96. The van der Waals surface area contributed by atoms with Crippen molar-refractivity contribution in [3.8, 4) is 67.5 Å². The first-order chi connectivity index (χ1) is 24.8. The van der Waals surface area contributed by atoms with Crippen molar-refractivity contribution in [3.05, 3.63) is 182 Å². The summed E-state index contributed by atoms with van der Waals surface area (Å²) in [5, 5.41) is 2.13. The van der Waals surface area contributed by atoms with E-state index in [0.29, 0.717) is 5.82 Å². The zero-order valence-corrected chi connectivity index (χ0v) is 27.1. The van der Waals surface area contributed by atoms with E-state index in [1.54, 1.807) is 0 Å². The maximum absolute atomic E-state index is 5.26. The summed E-state index contributed by atoms with van der Waals surface area (Å²) in [7, 11) is 0. The monoisotopic (exact) mass is 638 g/mol. The van der Waals surface area contributed by atoms with Gasteiger partial charge in [0.05, 0.1) is 33.8 Å². The van der Waals surface area contributed by atoms with Crippen LogP contribution in [0.25, 0.3) is 89.4 Å². The Hall–Kier alpha value is -6.78. The Morgan fingerprint density at radius 2 is 0.720 bits per heavy atom. The summed E-state index contributed by atoms with van der Waals surface area (Å²) in [5.41, 5.74) is 12.8. The predicted molar refractivity (Wildman–Crippen MR) is 205 cm³/mol. The highest BCUT2D eigenvalue weighted by atomic mass is 14.9. The maximum Gasteiger partial charge on any atom is 0.160 e. The molecule has 0 fully saturated rings. The zero-order chi connectivity index (χ0) is 33.3. The summed E-state index contributed by atoms with van der Waals surface area (Å²) in [6.07, 6.45) is 0. The molecule has 0 saturated carbocycles. The van der Waals surface area contributed by atoms with E-state index in [1.807, 2.05) is 48.5 Å². The third-order valence-electron chi connectivity index (χ3n) is 9.10. The minimum Gasteiger partial charge on any atom is -0.245 e. The molecule has 0 unspecified atom stereocenters. The Bertz CT molecular complexity index is 2550. The third-order valence-corrected chi connectivity index (χ3v) is 9.10. The Morgan fingerprint density at radius 1 is 0.280 bits per heavy atom. The highest BCUT2D eigenvalue weighted by molar-refractivity contribution is 6.09. The van der Waals surface area contributed by atoms with Gasteiger partial charge in [0.25, 0.3) is 0 Å². The average molecular weight is 639 g/mol. The Morgan fingerprint density at radius 3 is 1.28 bits per heavy atom. The molecule has 4 heteroatoms. The molecule has 0 aliphatic heterocycles. The first-order valence-electron chi connectivity index (χ1n) is 16.7. The highest BCUT2D eigenvalue weighted by Gasteiger charge is 2.15. The molecule has 0 radical (unpaired) electrons. The second kappa shape index (κ2) is 12.7. The van der Waals surface area contributed by atoms with E-state index in [-0.39, 0.29) is 0 Å². The van der Waals surface area contributed by atoms with Crippen LogP contribution in [0.2, 0.25) is 0 Å². The van der Waals surface area contributed by atoms with Gasteiger partial charge < -0.3 is 0 Å². The first-order valence-corrected chi connectivity index (χ1v) is 16.7. The molecule has 0 saturated heterocycles. The molecular formula is C46H30N4. The third kappa shape index (κ3) is 5.59. The van der Waals surface area contributed by atoms with Crippen LogP contribution in [0.1, 0.15) is 0 Å².